The maximum Gasteiger partial charge on any atom is 0.491 e. The number of nitrogens with zero attached hydrogens (tertiary/aromatic N) is 1. The van der Waals surface area contributed by atoms with E-state index < -0.39 is 12.9 Å². The van der Waals surface area contributed by atoms with Gasteiger partial charge in [-0.25, -0.2) is 4.39 Å². The maximum atomic E-state index is 13.7. The molecule has 0 saturated heterocycles. The number of halogens is 1. The Morgan fingerprint density at radius 2 is 1.83 bits per heavy atom. The van der Waals surface area contributed by atoms with E-state index in [4.69, 9.17) is 14.8 Å². The fourth-order valence-electron chi connectivity index (χ4n) is 2.28. The fourth-order valence-corrected chi connectivity index (χ4v) is 2.28. The summed E-state index contributed by atoms with van der Waals surface area (Å²) in [5.41, 5.74) is 1.05. The molecule has 122 valence electrons. The van der Waals surface area contributed by atoms with Crippen molar-refractivity contribution in [1.82, 2.24) is 4.90 Å². The van der Waals surface area contributed by atoms with Crippen LogP contribution in [0.3, 0.4) is 0 Å². The van der Waals surface area contributed by atoms with E-state index in [9.17, 15) is 4.39 Å². The lowest BCUT2D eigenvalue weighted by molar-refractivity contribution is 0.184. The van der Waals surface area contributed by atoms with Crippen LogP contribution in [0.4, 0.5) is 4.39 Å². The molecule has 1 unspecified atom stereocenters. The molecule has 1 atom stereocenters. The van der Waals surface area contributed by atoms with Crippen molar-refractivity contribution in [3.63, 3.8) is 0 Å². The summed E-state index contributed by atoms with van der Waals surface area (Å²) < 4.78 is 19.4. The molecule has 2 aromatic rings. The molecule has 0 saturated carbocycles. The van der Waals surface area contributed by atoms with Crippen LogP contribution in [0.5, 0.6) is 5.75 Å². The van der Waals surface area contributed by atoms with Crippen LogP contribution in [0, 0.1) is 5.82 Å². The largest absolute Gasteiger partial charge is 0.492 e. The van der Waals surface area contributed by atoms with Crippen molar-refractivity contribution in [3.05, 3.63) is 59.9 Å². The molecule has 6 heteroatoms. The highest BCUT2D eigenvalue weighted by atomic mass is 19.1. The molecule has 0 aromatic heterocycles. The lowest BCUT2D eigenvalue weighted by Crippen LogP contribution is -2.36. The quantitative estimate of drug-likeness (QED) is 0.750. The van der Waals surface area contributed by atoms with Crippen molar-refractivity contribution in [2.75, 3.05) is 20.7 Å². The van der Waals surface area contributed by atoms with Crippen molar-refractivity contribution >= 4 is 12.6 Å². The van der Waals surface area contributed by atoms with Gasteiger partial charge in [0.15, 0.2) is 0 Å². The predicted molar refractivity (Wildman–Crippen MR) is 89.3 cm³/mol. The second-order valence-corrected chi connectivity index (χ2v) is 5.68. The Morgan fingerprint density at radius 1 is 1.13 bits per heavy atom. The van der Waals surface area contributed by atoms with Gasteiger partial charge in [0.1, 0.15) is 18.2 Å². The van der Waals surface area contributed by atoms with E-state index in [1.165, 1.54) is 23.8 Å². The van der Waals surface area contributed by atoms with Gasteiger partial charge in [0.05, 0.1) is 0 Å². The molecule has 0 fully saturated rings. The molecule has 0 radical (unpaired) electrons. The van der Waals surface area contributed by atoms with Crippen LogP contribution >= 0.6 is 0 Å². The van der Waals surface area contributed by atoms with Crippen LogP contribution < -0.4 is 10.2 Å². The molecule has 0 amide bonds. The maximum absolute atomic E-state index is 13.7. The highest BCUT2D eigenvalue weighted by Gasteiger charge is 2.18. The molecular formula is C17H21BFNO3. The van der Waals surface area contributed by atoms with Crippen molar-refractivity contribution < 1.29 is 19.2 Å². The number of likely N-dealkylation sites (N-methyl/N-ethyl adjacent to an activating group) is 1. The van der Waals surface area contributed by atoms with E-state index in [1.54, 1.807) is 0 Å². The van der Waals surface area contributed by atoms with Crippen LogP contribution in [0.25, 0.3) is 0 Å². The average molecular weight is 317 g/mol. The fraction of sp³-hybridized carbons (Fsp3) is 0.294. The summed E-state index contributed by atoms with van der Waals surface area (Å²) >= 11 is 0. The minimum atomic E-state index is -1.82. The van der Waals surface area contributed by atoms with Gasteiger partial charge in [-0.05, 0) is 32.1 Å². The van der Waals surface area contributed by atoms with E-state index >= 15 is 0 Å². The van der Waals surface area contributed by atoms with E-state index in [2.05, 4.69) is 17.0 Å². The standard InChI is InChI=1S/C17H21BFNO3/c1-20(2)14(10-13-6-4-3-5-7-13)12-23-15-8-9-16(18(21)22)17(19)11-15/h3-9,11,14,21-22H,10,12H2,1-2H3. The summed E-state index contributed by atoms with van der Waals surface area (Å²) in [6, 6.07) is 14.3. The summed E-state index contributed by atoms with van der Waals surface area (Å²) in [5, 5.41) is 18.0. The van der Waals surface area contributed by atoms with Crippen LogP contribution in [-0.4, -0.2) is 48.8 Å². The predicted octanol–water partition coefficient (Wildman–Crippen LogP) is 1.06. The van der Waals surface area contributed by atoms with Gasteiger partial charge in [0, 0.05) is 17.6 Å². The Bertz CT molecular complexity index is 622. The Morgan fingerprint density at radius 3 is 2.39 bits per heavy atom. The second kappa shape index (κ2) is 8.10. The van der Waals surface area contributed by atoms with E-state index in [0.29, 0.717) is 12.4 Å². The Balaban J connectivity index is 2.00. The zero-order chi connectivity index (χ0) is 16.8. The van der Waals surface area contributed by atoms with Crippen molar-refractivity contribution in [1.29, 1.82) is 0 Å². The van der Waals surface area contributed by atoms with Gasteiger partial charge in [0.25, 0.3) is 0 Å². The van der Waals surface area contributed by atoms with Crippen LogP contribution in [0.1, 0.15) is 5.56 Å². The zero-order valence-corrected chi connectivity index (χ0v) is 13.3. The molecule has 0 heterocycles. The van der Waals surface area contributed by atoms with Crippen LogP contribution in [0.15, 0.2) is 48.5 Å². The molecule has 0 aliphatic rings. The van der Waals surface area contributed by atoms with Crippen molar-refractivity contribution in [2.45, 2.75) is 12.5 Å². The number of hydrogen-bond donors (Lipinski definition) is 2. The smallest absolute Gasteiger partial charge is 0.491 e. The van der Waals surface area contributed by atoms with Gasteiger partial charge < -0.3 is 19.7 Å². The normalized spacial score (nSPS) is 12.3. The highest BCUT2D eigenvalue weighted by Crippen LogP contribution is 2.14. The topological polar surface area (TPSA) is 52.9 Å². The summed E-state index contributed by atoms with van der Waals surface area (Å²) in [4.78, 5) is 2.06. The SMILES string of the molecule is CN(C)C(COc1ccc(B(O)O)c(F)c1)Cc1ccccc1. The zero-order valence-electron chi connectivity index (χ0n) is 13.3. The minimum Gasteiger partial charge on any atom is -0.492 e. The number of hydrogen-bond acceptors (Lipinski definition) is 4. The van der Waals surface area contributed by atoms with Crippen molar-refractivity contribution in [2.24, 2.45) is 0 Å². The number of ether oxygens (including phenoxy) is 1. The number of benzene rings is 2. The molecular weight excluding hydrogens is 296 g/mol. The summed E-state index contributed by atoms with van der Waals surface area (Å²) in [6.45, 7) is 0.405. The first-order valence-corrected chi connectivity index (χ1v) is 7.46. The molecule has 2 N–H and O–H groups in total. The van der Waals surface area contributed by atoms with Gasteiger partial charge in [-0.2, -0.15) is 0 Å². The van der Waals surface area contributed by atoms with Crippen molar-refractivity contribution in [3.8, 4) is 5.75 Å². The Labute approximate surface area is 136 Å². The van der Waals surface area contributed by atoms with Gasteiger partial charge in [-0.1, -0.05) is 36.4 Å². The molecule has 2 aromatic carbocycles. The molecule has 0 aliphatic heterocycles. The number of rotatable bonds is 7. The second-order valence-electron chi connectivity index (χ2n) is 5.68. The molecule has 0 aliphatic carbocycles. The van der Waals surface area contributed by atoms with Gasteiger partial charge in [-0.3, -0.25) is 0 Å². The summed E-state index contributed by atoms with van der Waals surface area (Å²) in [5.74, 6) is -0.325. The van der Waals surface area contributed by atoms with Crippen LogP contribution in [-0.2, 0) is 6.42 Å². The molecule has 0 bridgehead atoms. The summed E-state index contributed by atoms with van der Waals surface area (Å²) in [7, 11) is 2.13. The Kier molecular flexibility index (Phi) is 6.16. The van der Waals surface area contributed by atoms with E-state index in [-0.39, 0.29) is 11.5 Å². The first kappa shape index (κ1) is 17.5. The van der Waals surface area contributed by atoms with Gasteiger partial charge in [0.2, 0.25) is 0 Å². The highest BCUT2D eigenvalue weighted by molar-refractivity contribution is 6.58. The lowest BCUT2D eigenvalue weighted by Gasteiger charge is -2.24. The Hall–Kier alpha value is -1.89. The van der Waals surface area contributed by atoms with E-state index in [1.807, 2.05) is 32.3 Å². The van der Waals surface area contributed by atoms with E-state index in [0.717, 1.165) is 6.42 Å². The average Bonchev–Trinajstić information content (AvgIpc) is 2.51. The van der Waals surface area contributed by atoms with Crippen LogP contribution in [0.2, 0.25) is 0 Å². The van der Waals surface area contributed by atoms with Gasteiger partial charge in [-0.15, -0.1) is 0 Å². The first-order valence-electron chi connectivity index (χ1n) is 7.46. The molecule has 4 nitrogen and oxygen atoms in total. The van der Waals surface area contributed by atoms with Gasteiger partial charge >= 0.3 is 7.12 Å². The minimum absolute atomic E-state index is 0.142. The third kappa shape index (κ3) is 5.06. The third-order valence-corrected chi connectivity index (χ3v) is 3.74. The molecule has 2 rings (SSSR count). The molecule has 0 spiro atoms. The lowest BCUT2D eigenvalue weighted by atomic mass is 9.80. The monoisotopic (exact) mass is 317 g/mol. The molecule has 23 heavy (non-hydrogen) atoms. The first-order chi connectivity index (χ1) is 11.0. The third-order valence-electron chi connectivity index (χ3n) is 3.74. The summed E-state index contributed by atoms with van der Waals surface area (Å²) in [6.07, 6.45) is 0.823.